The van der Waals surface area contributed by atoms with Gasteiger partial charge in [-0.1, -0.05) is 30.3 Å². The average Bonchev–Trinajstić information content (AvgIpc) is 3.22. The van der Waals surface area contributed by atoms with Crippen molar-refractivity contribution in [3.63, 3.8) is 0 Å². The van der Waals surface area contributed by atoms with E-state index in [4.69, 9.17) is 0 Å². The summed E-state index contributed by atoms with van der Waals surface area (Å²) >= 11 is 3.40. The Labute approximate surface area is 127 Å². The Morgan fingerprint density at radius 2 is 2.05 bits per heavy atom. The van der Waals surface area contributed by atoms with Crippen molar-refractivity contribution in [2.45, 2.75) is 18.9 Å². The molecular formula is C16H17BrN2O. The topological polar surface area (TPSA) is 34.0 Å². The van der Waals surface area contributed by atoms with Crippen molar-refractivity contribution in [2.75, 3.05) is 0 Å². The molecule has 2 aromatic rings. The molecule has 4 heteroatoms. The summed E-state index contributed by atoms with van der Waals surface area (Å²) in [4.78, 5) is 12.4. The highest BCUT2D eigenvalue weighted by Gasteiger charge is 2.33. The predicted octanol–water partition coefficient (Wildman–Crippen LogP) is 3.67. The fourth-order valence-electron chi connectivity index (χ4n) is 2.53. The van der Waals surface area contributed by atoms with E-state index in [0.717, 1.165) is 4.47 Å². The van der Waals surface area contributed by atoms with Crippen molar-refractivity contribution < 1.29 is 4.79 Å². The van der Waals surface area contributed by atoms with E-state index in [0.29, 0.717) is 11.6 Å². The molecule has 0 spiro atoms. The molecular weight excluding hydrogens is 316 g/mol. The maximum Gasteiger partial charge on any atom is 0.268 e. The average molecular weight is 333 g/mol. The van der Waals surface area contributed by atoms with E-state index in [1.54, 1.807) is 0 Å². The van der Waals surface area contributed by atoms with E-state index in [-0.39, 0.29) is 11.9 Å². The lowest BCUT2D eigenvalue weighted by atomic mass is 10.0. The second-order valence-corrected chi connectivity index (χ2v) is 6.27. The van der Waals surface area contributed by atoms with Crippen LogP contribution in [-0.2, 0) is 7.05 Å². The molecule has 1 atom stereocenters. The molecule has 1 unspecified atom stereocenters. The standard InChI is InChI=1S/C16H17BrN2O/c1-19-10-13(17)9-14(19)16(20)18-15(12-7-8-12)11-5-3-2-4-6-11/h2-6,9-10,12,15H,7-8H2,1H3,(H,18,20). The highest BCUT2D eigenvalue weighted by Crippen LogP contribution is 2.41. The van der Waals surface area contributed by atoms with Crippen molar-refractivity contribution >= 4 is 21.8 Å². The maximum atomic E-state index is 12.4. The van der Waals surface area contributed by atoms with E-state index in [1.807, 2.05) is 42.1 Å². The lowest BCUT2D eigenvalue weighted by Gasteiger charge is -2.19. The van der Waals surface area contributed by atoms with Crippen LogP contribution in [0.3, 0.4) is 0 Å². The van der Waals surface area contributed by atoms with Crippen molar-refractivity contribution in [2.24, 2.45) is 13.0 Å². The quantitative estimate of drug-likeness (QED) is 0.910. The Hall–Kier alpha value is -1.55. The molecule has 20 heavy (non-hydrogen) atoms. The minimum Gasteiger partial charge on any atom is -0.345 e. The molecule has 104 valence electrons. The minimum absolute atomic E-state index is 0.0149. The van der Waals surface area contributed by atoms with Crippen LogP contribution in [0.4, 0.5) is 0 Å². The molecule has 3 rings (SSSR count). The van der Waals surface area contributed by atoms with Crippen LogP contribution < -0.4 is 5.32 Å². The van der Waals surface area contributed by atoms with E-state index in [2.05, 4.69) is 33.4 Å². The molecule has 1 aromatic heterocycles. The van der Waals surface area contributed by atoms with Gasteiger partial charge < -0.3 is 9.88 Å². The number of nitrogens with one attached hydrogen (secondary N) is 1. The number of carbonyl (C=O) groups is 1. The van der Waals surface area contributed by atoms with Crippen LogP contribution in [-0.4, -0.2) is 10.5 Å². The first-order valence-corrected chi connectivity index (χ1v) is 7.62. The number of aryl methyl sites for hydroxylation is 1. The highest BCUT2D eigenvalue weighted by atomic mass is 79.9. The summed E-state index contributed by atoms with van der Waals surface area (Å²) in [6, 6.07) is 12.2. The van der Waals surface area contributed by atoms with Gasteiger partial charge in [-0.2, -0.15) is 0 Å². The lowest BCUT2D eigenvalue weighted by molar-refractivity contribution is 0.0923. The molecule has 1 fully saturated rings. The van der Waals surface area contributed by atoms with Gasteiger partial charge in [0.05, 0.1) is 6.04 Å². The lowest BCUT2D eigenvalue weighted by Crippen LogP contribution is -2.31. The zero-order valence-corrected chi connectivity index (χ0v) is 12.9. The number of rotatable bonds is 4. The maximum absolute atomic E-state index is 12.4. The second kappa shape index (κ2) is 5.44. The molecule has 1 aliphatic carbocycles. The third kappa shape index (κ3) is 2.80. The van der Waals surface area contributed by atoms with Gasteiger partial charge in [-0.15, -0.1) is 0 Å². The first kappa shape index (κ1) is 13.4. The largest absolute Gasteiger partial charge is 0.345 e. The Kier molecular flexibility index (Phi) is 3.66. The predicted molar refractivity (Wildman–Crippen MR) is 82.5 cm³/mol. The molecule has 0 aliphatic heterocycles. The number of amides is 1. The molecule has 1 saturated carbocycles. The number of hydrogen-bond acceptors (Lipinski definition) is 1. The van der Waals surface area contributed by atoms with Crippen LogP contribution in [0.5, 0.6) is 0 Å². The fourth-order valence-corrected chi connectivity index (χ4v) is 3.05. The van der Waals surface area contributed by atoms with Gasteiger partial charge in [-0.25, -0.2) is 0 Å². The number of halogens is 1. The summed E-state index contributed by atoms with van der Waals surface area (Å²) in [7, 11) is 1.88. The summed E-state index contributed by atoms with van der Waals surface area (Å²) < 4.78 is 2.77. The van der Waals surface area contributed by atoms with Gasteiger partial charge in [0, 0.05) is 17.7 Å². The van der Waals surface area contributed by atoms with Crippen molar-refractivity contribution in [1.82, 2.24) is 9.88 Å². The summed E-state index contributed by atoms with van der Waals surface area (Å²) in [6.07, 6.45) is 4.27. The van der Waals surface area contributed by atoms with Gasteiger partial charge in [0.25, 0.3) is 5.91 Å². The van der Waals surface area contributed by atoms with Gasteiger partial charge in [-0.3, -0.25) is 4.79 Å². The minimum atomic E-state index is -0.0149. The monoisotopic (exact) mass is 332 g/mol. The summed E-state index contributed by atoms with van der Waals surface area (Å²) in [5, 5.41) is 3.19. The Bertz CT molecular complexity index is 617. The molecule has 1 aliphatic rings. The van der Waals surface area contributed by atoms with Crippen molar-refractivity contribution in [3.8, 4) is 0 Å². The SMILES string of the molecule is Cn1cc(Br)cc1C(=O)NC(c1ccccc1)C1CC1. The molecule has 0 bridgehead atoms. The van der Waals surface area contributed by atoms with Gasteiger partial charge in [0.15, 0.2) is 0 Å². The van der Waals surface area contributed by atoms with Crippen LogP contribution in [0, 0.1) is 5.92 Å². The fraction of sp³-hybridized carbons (Fsp3) is 0.312. The smallest absolute Gasteiger partial charge is 0.268 e. The second-order valence-electron chi connectivity index (χ2n) is 5.35. The zero-order chi connectivity index (χ0) is 14.1. The number of benzene rings is 1. The van der Waals surface area contributed by atoms with E-state index in [1.165, 1.54) is 18.4 Å². The Morgan fingerprint density at radius 1 is 1.35 bits per heavy atom. The zero-order valence-electron chi connectivity index (χ0n) is 11.3. The first-order chi connectivity index (χ1) is 9.65. The number of aromatic nitrogens is 1. The Morgan fingerprint density at radius 3 is 2.60 bits per heavy atom. The normalized spacial score (nSPS) is 15.9. The van der Waals surface area contributed by atoms with Gasteiger partial charge in [0.1, 0.15) is 5.69 Å². The van der Waals surface area contributed by atoms with Crippen LogP contribution in [0.2, 0.25) is 0 Å². The van der Waals surface area contributed by atoms with E-state index >= 15 is 0 Å². The number of carbonyl (C=O) groups excluding carboxylic acids is 1. The van der Waals surface area contributed by atoms with Gasteiger partial charge in [-0.05, 0) is 46.3 Å². The number of hydrogen-bond donors (Lipinski definition) is 1. The highest BCUT2D eigenvalue weighted by molar-refractivity contribution is 9.10. The van der Waals surface area contributed by atoms with Crippen LogP contribution in [0.15, 0.2) is 47.1 Å². The third-order valence-corrected chi connectivity index (χ3v) is 4.18. The van der Waals surface area contributed by atoms with E-state index in [9.17, 15) is 4.79 Å². The Balaban J connectivity index is 1.81. The molecule has 1 N–H and O–H groups in total. The van der Waals surface area contributed by atoms with Crippen molar-refractivity contribution in [3.05, 3.63) is 58.3 Å². The van der Waals surface area contributed by atoms with Gasteiger partial charge in [0.2, 0.25) is 0 Å². The molecule has 1 aromatic carbocycles. The summed E-state index contributed by atoms with van der Waals surface area (Å²) in [5.74, 6) is 0.559. The van der Waals surface area contributed by atoms with Crippen molar-refractivity contribution in [1.29, 1.82) is 0 Å². The summed E-state index contributed by atoms with van der Waals surface area (Å²) in [6.45, 7) is 0. The number of nitrogens with zero attached hydrogens (tertiary/aromatic N) is 1. The summed E-state index contributed by atoms with van der Waals surface area (Å²) in [5.41, 5.74) is 1.87. The van der Waals surface area contributed by atoms with Gasteiger partial charge >= 0.3 is 0 Å². The third-order valence-electron chi connectivity index (χ3n) is 3.74. The van der Waals surface area contributed by atoms with E-state index < -0.39 is 0 Å². The first-order valence-electron chi connectivity index (χ1n) is 6.83. The molecule has 1 heterocycles. The molecule has 1 amide bonds. The molecule has 0 saturated heterocycles. The van der Waals surface area contributed by atoms with Crippen LogP contribution in [0.25, 0.3) is 0 Å². The van der Waals surface area contributed by atoms with Crippen LogP contribution in [0.1, 0.15) is 34.9 Å². The van der Waals surface area contributed by atoms with Crippen LogP contribution >= 0.6 is 15.9 Å². The molecule has 0 radical (unpaired) electrons. The molecule has 3 nitrogen and oxygen atoms in total.